The fourth-order valence-electron chi connectivity index (χ4n) is 3.10. The summed E-state index contributed by atoms with van der Waals surface area (Å²) in [5.74, 6) is 0.367. The number of ether oxygens (including phenoxy) is 3. The zero-order valence-corrected chi connectivity index (χ0v) is 22.0. The Morgan fingerprint density at radius 1 is 1.17 bits per heavy atom. The van der Waals surface area contributed by atoms with E-state index in [1.54, 1.807) is 24.3 Å². The molecule has 9 nitrogen and oxygen atoms in total. The summed E-state index contributed by atoms with van der Waals surface area (Å²) >= 11 is 7.99. The van der Waals surface area contributed by atoms with E-state index in [0.29, 0.717) is 25.7 Å². The number of nitro benzene ring substituents is 1. The standard InChI is InChI=1S/C25H19ClIN3O6/c1-34-19-7-8-21(22(12-19)30(32)33)29-25(31)17(13-28)9-16-10-20(27)24(23(11-16)35-2)36-14-15-3-5-18(26)6-4-15/h3-12H,14H2,1-2H3,(H,29,31)/b17-9+. The minimum atomic E-state index is -0.803. The maximum absolute atomic E-state index is 12.7. The van der Waals surface area contributed by atoms with Gasteiger partial charge in [-0.2, -0.15) is 5.26 Å². The molecule has 0 aliphatic rings. The van der Waals surface area contributed by atoms with Gasteiger partial charge in [-0.1, -0.05) is 23.7 Å². The van der Waals surface area contributed by atoms with Gasteiger partial charge in [-0.3, -0.25) is 14.9 Å². The molecule has 0 saturated heterocycles. The second-order valence-corrected chi connectivity index (χ2v) is 8.81. The molecule has 0 radical (unpaired) electrons. The summed E-state index contributed by atoms with van der Waals surface area (Å²) < 4.78 is 17.1. The van der Waals surface area contributed by atoms with E-state index < -0.39 is 10.8 Å². The van der Waals surface area contributed by atoms with Crippen LogP contribution in [0.3, 0.4) is 0 Å². The van der Waals surface area contributed by atoms with Crippen molar-refractivity contribution in [3.05, 3.63) is 90.0 Å². The van der Waals surface area contributed by atoms with E-state index in [0.717, 1.165) is 5.56 Å². The van der Waals surface area contributed by atoms with Crippen molar-refractivity contribution in [3.8, 4) is 23.3 Å². The van der Waals surface area contributed by atoms with Crippen LogP contribution in [0, 0.1) is 25.0 Å². The molecule has 1 N–H and O–H groups in total. The predicted molar refractivity (Wildman–Crippen MR) is 143 cm³/mol. The van der Waals surface area contributed by atoms with Crippen LogP contribution in [0.1, 0.15) is 11.1 Å². The van der Waals surface area contributed by atoms with Gasteiger partial charge in [0.1, 0.15) is 29.7 Å². The van der Waals surface area contributed by atoms with Gasteiger partial charge in [0.15, 0.2) is 11.5 Å². The van der Waals surface area contributed by atoms with Gasteiger partial charge in [-0.15, -0.1) is 0 Å². The molecule has 3 aromatic carbocycles. The van der Waals surface area contributed by atoms with Crippen molar-refractivity contribution in [2.45, 2.75) is 6.61 Å². The van der Waals surface area contributed by atoms with Crippen LogP contribution in [-0.4, -0.2) is 25.1 Å². The quantitative estimate of drug-likeness (QED) is 0.103. The maximum Gasteiger partial charge on any atom is 0.296 e. The molecule has 11 heteroatoms. The number of nitrogens with one attached hydrogen (secondary N) is 1. The minimum absolute atomic E-state index is 0.0648. The van der Waals surface area contributed by atoms with E-state index in [2.05, 4.69) is 27.9 Å². The van der Waals surface area contributed by atoms with Gasteiger partial charge in [0.25, 0.3) is 11.6 Å². The summed E-state index contributed by atoms with van der Waals surface area (Å²) in [6, 6.07) is 16.4. The lowest BCUT2D eigenvalue weighted by Gasteiger charge is -2.14. The smallest absolute Gasteiger partial charge is 0.296 e. The van der Waals surface area contributed by atoms with Crippen molar-refractivity contribution in [1.29, 1.82) is 5.26 Å². The maximum atomic E-state index is 12.7. The Bertz CT molecular complexity index is 1370. The summed E-state index contributed by atoms with van der Waals surface area (Å²) in [4.78, 5) is 23.5. The highest BCUT2D eigenvalue weighted by molar-refractivity contribution is 14.1. The second-order valence-electron chi connectivity index (χ2n) is 7.21. The normalized spacial score (nSPS) is 10.8. The highest BCUT2D eigenvalue weighted by atomic mass is 127. The number of amides is 1. The average Bonchev–Trinajstić information content (AvgIpc) is 2.87. The lowest BCUT2D eigenvalue weighted by atomic mass is 10.1. The van der Waals surface area contributed by atoms with Crippen LogP contribution in [0.4, 0.5) is 11.4 Å². The molecule has 0 saturated carbocycles. The fourth-order valence-corrected chi connectivity index (χ4v) is 4.01. The molecule has 0 spiro atoms. The fraction of sp³-hybridized carbons (Fsp3) is 0.120. The molecule has 0 unspecified atom stereocenters. The van der Waals surface area contributed by atoms with Crippen LogP contribution in [0.2, 0.25) is 5.02 Å². The molecular formula is C25H19ClIN3O6. The number of halogens is 2. The van der Waals surface area contributed by atoms with Crippen molar-refractivity contribution in [3.63, 3.8) is 0 Å². The third-order valence-electron chi connectivity index (χ3n) is 4.87. The number of methoxy groups -OCH3 is 2. The third kappa shape index (κ3) is 6.65. The largest absolute Gasteiger partial charge is 0.496 e. The summed E-state index contributed by atoms with van der Waals surface area (Å²) in [6.45, 7) is 0.283. The van der Waals surface area contributed by atoms with Crippen LogP contribution in [0.25, 0.3) is 6.08 Å². The topological polar surface area (TPSA) is 124 Å². The van der Waals surface area contributed by atoms with Gasteiger partial charge in [-0.25, -0.2) is 0 Å². The Labute approximate surface area is 225 Å². The Balaban J connectivity index is 1.84. The lowest BCUT2D eigenvalue weighted by Crippen LogP contribution is -2.14. The number of nitrogens with zero attached hydrogens (tertiary/aromatic N) is 2. The zero-order chi connectivity index (χ0) is 26.2. The molecule has 0 aliphatic carbocycles. The molecule has 0 heterocycles. The van der Waals surface area contributed by atoms with E-state index in [4.69, 9.17) is 25.8 Å². The number of nitro groups is 1. The van der Waals surface area contributed by atoms with Crippen molar-refractivity contribution in [2.75, 3.05) is 19.5 Å². The van der Waals surface area contributed by atoms with E-state index in [-0.39, 0.29) is 29.3 Å². The number of carbonyl (C=O) groups excluding carboxylic acids is 1. The van der Waals surface area contributed by atoms with Crippen LogP contribution >= 0.6 is 34.2 Å². The molecule has 0 aromatic heterocycles. The molecule has 1 amide bonds. The highest BCUT2D eigenvalue weighted by Gasteiger charge is 2.20. The van der Waals surface area contributed by atoms with Crippen molar-refractivity contribution in [1.82, 2.24) is 0 Å². The van der Waals surface area contributed by atoms with Gasteiger partial charge in [0.05, 0.1) is 28.8 Å². The van der Waals surface area contributed by atoms with Gasteiger partial charge in [0.2, 0.25) is 0 Å². The van der Waals surface area contributed by atoms with Gasteiger partial charge < -0.3 is 19.5 Å². The first-order valence-corrected chi connectivity index (χ1v) is 11.7. The van der Waals surface area contributed by atoms with E-state index >= 15 is 0 Å². The molecule has 0 aliphatic heterocycles. The first-order valence-electron chi connectivity index (χ1n) is 10.3. The average molecular weight is 620 g/mol. The number of benzene rings is 3. The van der Waals surface area contributed by atoms with Gasteiger partial charge in [0, 0.05) is 5.02 Å². The number of carbonyl (C=O) groups is 1. The molecule has 0 atom stereocenters. The Morgan fingerprint density at radius 2 is 1.89 bits per heavy atom. The van der Waals surface area contributed by atoms with Crippen LogP contribution in [-0.2, 0) is 11.4 Å². The SMILES string of the molecule is COc1ccc(NC(=O)/C(C#N)=C/c2cc(I)c(OCc3ccc(Cl)cc3)c(OC)c2)c([N+](=O)[O-])c1. The molecular weight excluding hydrogens is 601 g/mol. The summed E-state index contributed by atoms with van der Waals surface area (Å²) in [6.07, 6.45) is 1.36. The highest BCUT2D eigenvalue weighted by Crippen LogP contribution is 2.35. The Kier molecular flexibility index (Phi) is 9.10. The van der Waals surface area contributed by atoms with Gasteiger partial charge >= 0.3 is 0 Å². The van der Waals surface area contributed by atoms with Crippen molar-refractivity contribution >= 4 is 57.5 Å². The van der Waals surface area contributed by atoms with Gasteiger partial charge in [-0.05, 0) is 76.2 Å². The molecule has 0 fully saturated rings. The Morgan fingerprint density at radius 3 is 2.50 bits per heavy atom. The zero-order valence-electron chi connectivity index (χ0n) is 19.1. The van der Waals surface area contributed by atoms with E-state index in [1.807, 2.05) is 18.2 Å². The number of hydrogen-bond donors (Lipinski definition) is 1. The summed E-state index contributed by atoms with van der Waals surface area (Å²) in [7, 11) is 2.85. The number of hydrogen-bond acceptors (Lipinski definition) is 7. The molecule has 184 valence electrons. The molecule has 3 rings (SSSR count). The van der Waals surface area contributed by atoms with E-state index in [9.17, 15) is 20.2 Å². The summed E-state index contributed by atoms with van der Waals surface area (Å²) in [5, 5.41) is 24.0. The second kappa shape index (κ2) is 12.2. The minimum Gasteiger partial charge on any atom is -0.496 e. The van der Waals surface area contributed by atoms with Crippen LogP contribution in [0.5, 0.6) is 17.2 Å². The monoisotopic (exact) mass is 619 g/mol. The van der Waals surface area contributed by atoms with Crippen molar-refractivity contribution in [2.24, 2.45) is 0 Å². The van der Waals surface area contributed by atoms with E-state index in [1.165, 1.54) is 38.5 Å². The number of rotatable bonds is 9. The molecule has 0 bridgehead atoms. The number of anilines is 1. The first-order chi connectivity index (χ1) is 17.2. The molecule has 36 heavy (non-hydrogen) atoms. The number of nitriles is 1. The molecule has 3 aromatic rings. The Hall–Kier alpha value is -3.82. The third-order valence-corrected chi connectivity index (χ3v) is 5.93. The lowest BCUT2D eigenvalue weighted by molar-refractivity contribution is -0.384. The van der Waals surface area contributed by atoms with Crippen molar-refractivity contribution < 1.29 is 23.9 Å². The predicted octanol–water partition coefficient (Wildman–Crippen LogP) is 5.99. The van der Waals surface area contributed by atoms with Crippen LogP contribution < -0.4 is 19.5 Å². The first kappa shape index (κ1) is 26.8. The van der Waals surface area contributed by atoms with Crippen LogP contribution in [0.15, 0.2) is 60.2 Å². The summed E-state index contributed by atoms with van der Waals surface area (Å²) in [5.41, 5.74) is 0.736.